The summed E-state index contributed by atoms with van der Waals surface area (Å²) in [6.45, 7) is 30.6. The molecule has 0 heterocycles. The zero-order valence-corrected chi connectivity index (χ0v) is 81.9. The average Bonchev–Trinajstić information content (AvgIpc) is 1.56. The van der Waals surface area contributed by atoms with Gasteiger partial charge in [0.1, 0.15) is 63.0 Å². The van der Waals surface area contributed by atoms with Crippen molar-refractivity contribution in [3.8, 4) is 34.1 Å². The molecule has 0 unspecified atom stereocenters. The standard InChI is InChI=1S/C94H156O39.C2H6/c1-82-7-9-90-91-10-8-83(2)64-93(91)94(92(90)63-82,72-85-67-88(130-59-55-101-17-13-97-5)70-89(68-85)133-62-58-121-74-123-76-125-78-127-80-129-81-128-79-126-77-124-75-122-73-120-18-14-98-6)71-84-65-86(131-60-56-118-53-51-116-49-47-114-45-43-112-41-39-110-37-35-108-33-31-106-29-27-104-25-23-102-21-19-99-15-11-95-3)69-87(66-84)132-61-57-119-54-52-117-50-48-115-46-44-113-42-40-111-38-36-109-34-32-107-30-28-105-26-24-103-22-20-100-16-12-96-4;1-2/h7-10,63-70H,11-62,71-81H2,1-6H3;1-2H3. The van der Waals surface area contributed by atoms with Crippen LogP contribution in [-0.4, -0.2) is 433 Å². The van der Waals surface area contributed by atoms with Gasteiger partial charge in [-0.15, -0.1) is 0 Å². The third-order valence-electron chi connectivity index (χ3n) is 18.5. The van der Waals surface area contributed by atoms with Crippen molar-refractivity contribution >= 4 is 0 Å². The Morgan fingerprint density at radius 2 is 0.326 bits per heavy atom. The van der Waals surface area contributed by atoms with Gasteiger partial charge in [-0.1, -0.05) is 61.4 Å². The highest BCUT2D eigenvalue weighted by atomic mass is 16.8. The highest BCUT2D eigenvalue weighted by Crippen LogP contribution is 2.53. The van der Waals surface area contributed by atoms with E-state index in [1.807, 2.05) is 26.0 Å². The first-order chi connectivity index (χ1) is 66.9. The Morgan fingerprint density at radius 3 is 0.511 bits per heavy atom. The Balaban J connectivity index is 0.0000189. The zero-order chi connectivity index (χ0) is 96.0. The minimum absolute atomic E-state index is 0.00634. The summed E-state index contributed by atoms with van der Waals surface area (Å²) in [6, 6.07) is 25.6. The van der Waals surface area contributed by atoms with Crippen molar-refractivity contribution in [3.63, 3.8) is 0 Å². The summed E-state index contributed by atoms with van der Waals surface area (Å²) in [4.78, 5) is 0. The summed E-state index contributed by atoms with van der Waals surface area (Å²) in [5.74, 6) is 2.45. The Bertz CT molecular complexity index is 3090. The molecule has 0 bridgehead atoms. The van der Waals surface area contributed by atoms with Gasteiger partial charge >= 0.3 is 0 Å². The van der Waals surface area contributed by atoms with Crippen LogP contribution in [0.4, 0.5) is 0 Å². The van der Waals surface area contributed by atoms with Gasteiger partial charge in [-0.2, -0.15) is 0 Å². The van der Waals surface area contributed by atoms with Crippen LogP contribution in [-0.2, 0) is 184 Å². The molecular weight excluding hydrogens is 1780 g/mol. The second-order valence-electron chi connectivity index (χ2n) is 28.9. The predicted octanol–water partition coefficient (Wildman–Crippen LogP) is 8.31. The molecule has 5 rings (SSSR count). The van der Waals surface area contributed by atoms with Gasteiger partial charge in [0.25, 0.3) is 0 Å². The normalized spacial score (nSPS) is 12.1. The van der Waals surface area contributed by atoms with Crippen LogP contribution in [0.15, 0.2) is 72.8 Å². The van der Waals surface area contributed by atoms with E-state index in [9.17, 15) is 0 Å². The quantitative estimate of drug-likeness (QED) is 0.0296. The first-order valence-electron chi connectivity index (χ1n) is 46.8. The molecule has 39 heteroatoms. The first-order valence-corrected chi connectivity index (χ1v) is 46.8. The van der Waals surface area contributed by atoms with Gasteiger partial charge in [-0.25, -0.2) is 0 Å². The van der Waals surface area contributed by atoms with Crippen LogP contribution in [0.1, 0.15) is 47.2 Å². The summed E-state index contributed by atoms with van der Waals surface area (Å²) in [5, 5.41) is 0. The summed E-state index contributed by atoms with van der Waals surface area (Å²) in [7, 11) is 6.52. The molecule has 0 N–H and O–H groups in total. The topological polar surface area (TPSA) is 360 Å². The fourth-order valence-electron chi connectivity index (χ4n) is 12.3. The van der Waals surface area contributed by atoms with Gasteiger partial charge in [0, 0.05) is 46.0 Å². The molecule has 0 saturated carbocycles. The lowest BCUT2D eigenvalue weighted by atomic mass is 9.69. The average molecular weight is 1940 g/mol. The summed E-state index contributed by atoms with van der Waals surface area (Å²) in [5.41, 5.74) is 8.29. The molecule has 1 aliphatic rings. The lowest BCUT2D eigenvalue weighted by Gasteiger charge is -2.34. The molecule has 135 heavy (non-hydrogen) atoms. The van der Waals surface area contributed by atoms with Crippen LogP contribution in [0.2, 0.25) is 0 Å². The van der Waals surface area contributed by atoms with Crippen LogP contribution in [0.5, 0.6) is 23.0 Å². The lowest BCUT2D eigenvalue weighted by Crippen LogP contribution is -2.31. The van der Waals surface area contributed by atoms with E-state index in [4.69, 9.17) is 185 Å². The first kappa shape index (κ1) is 122. The van der Waals surface area contributed by atoms with Crippen molar-refractivity contribution in [2.24, 2.45) is 0 Å². The molecule has 0 spiro atoms. The number of methoxy groups -OCH3 is 4. The Kier molecular flexibility index (Phi) is 83.5. The second kappa shape index (κ2) is 92.4. The maximum atomic E-state index is 6.55. The zero-order valence-electron chi connectivity index (χ0n) is 81.9. The molecule has 39 nitrogen and oxygen atoms in total. The fourth-order valence-corrected chi connectivity index (χ4v) is 12.3. The largest absolute Gasteiger partial charge is 0.491 e. The van der Waals surface area contributed by atoms with Crippen molar-refractivity contribution in [1.29, 1.82) is 0 Å². The van der Waals surface area contributed by atoms with Gasteiger partial charge in [0.15, 0.2) is 47.6 Å². The van der Waals surface area contributed by atoms with Crippen molar-refractivity contribution < 1.29 is 185 Å². The molecule has 0 atom stereocenters. The van der Waals surface area contributed by atoms with Crippen LogP contribution < -0.4 is 18.9 Å². The fraction of sp³-hybridized carbons (Fsp3) is 0.750. The van der Waals surface area contributed by atoms with Crippen LogP contribution in [0, 0.1) is 13.8 Å². The van der Waals surface area contributed by atoms with E-state index in [-0.39, 0.29) is 87.6 Å². The van der Waals surface area contributed by atoms with Crippen molar-refractivity contribution in [2.75, 3.05) is 433 Å². The van der Waals surface area contributed by atoms with Crippen molar-refractivity contribution in [1.82, 2.24) is 0 Å². The third kappa shape index (κ3) is 67.7. The van der Waals surface area contributed by atoms with E-state index in [1.54, 1.807) is 28.4 Å². The molecule has 0 amide bonds. The van der Waals surface area contributed by atoms with Crippen molar-refractivity contribution in [3.05, 3.63) is 106 Å². The molecule has 780 valence electrons. The summed E-state index contributed by atoms with van der Waals surface area (Å²) < 4.78 is 218. The number of hydrogen-bond acceptors (Lipinski definition) is 39. The van der Waals surface area contributed by atoms with Crippen LogP contribution in [0.25, 0.3) is 11.1 Å². The van der Waals surface area contributed by atoms with E-state index in [0.29, 0.717) is 353 Å². The minimum Gasteiger partial charge on any atom is -0.491 e. The number of benzene rings is 4. The van der Waals surface area contributed by atoms with Crippen LogP contribution >= 0.6 is 0 Å². The van der Waals surface area contributed by atoms with E-state index in [0.717, 1.165) is 33.4 Å². The van der Waals surface area contributed by atoms with Crippen LogP contribution in [0.3, 0.4) is 0 Å². The SMILES string of the molecule is CC.COCCOCCOCCOCCOCCOCCOCCOCCOCCOCCOCCOc1cc(CC2(Cc3cc(OCCOCCOC)cc(OCCOCOCOCOCOCOCOCOCOCOCCOC)c3)c3cc(C)ccc3-c3ccc(C)cc32)cc(OCCOCCOCCOCCOCCOCCOCCOCCOCCOCCOCCOC)c1. The number of hydrogen-bond donors (Lipinski definition) is 0. The molecule has 0 aromatic heterocycles. The molecule has 4 aromatic rings. The molecule has 0 saturated heterocycles. The monoisotopic (exact) mass is 1940 g/mol. The smallest absolute Gasteiger partial charge is 0.152 e. The molecule has 1 aliphatic carbocycles. The Labute approximate surface area is 800 Å². The summed E-state index contributed by atoms with van der Waals surface area (Å²) in [6.07, 6.45) is 1.09. The maximum absolute atomic E-state index is 6.55. The van der Waals surface area contributed by atoms with Gasteiger partial charge < -0.3 is 185 Å². The van der Waals surface area contributed by atoms with Gasteiger partial charge in [-0.05, 0) is 84.3 Å². The molecular formula is C96H162O39. The van der Waals surface area contributed by atoms with Gasteiger partial charge in [0.2, 0.25) is 0 Å². The van der Waals surface area contributed by atoms with Gasteiger partial charge in [-0.3, -0.25) is 0 Å². The number of fused-ring (bicyclic) bond motifs is 3. The third-order valence-corrected chi connectivity index (χ3v) is 18.5. The second-order valence-corrected chi connectivity index (χ2v) is 28.9. The Hall–Kier alpha value is -5.32. The molecule has 0 aliphatic heterocycles. The molecule has 0 radical (unpaired) electrons. The van der Waals surface area contributed by atoms with E-state index in [2.05, 4.69) is 74.5 Å². The summed E-state index contributed by atoms with van der Waals surface area (Å²) >= 11 is 0. The highest BCUT2D eigenvalue weighted by molar-refractivity contribution is 5.82. The highest BCUT2D eigenvalue weighted by Gasteiger charge is 2.44. The van der Waals surface area contributed by atoms with E-state index < -0.39 is 5.41 Å². The predicted molar refractivity (Wildman–Crippen MR) is 495 cm³/mol. The van der Waals surface area contributed by atoms with E-state index >= 15 is 0 Å². The lowest BCUT2D eigenvalue weighted by molar-refractivity contribution is -0.229. The number of rotatable bonds is 104. The molecule has 4 aromatic carbocycles. The minimum atomic E-state index is -0.638. The van der Waals surface area contributed by atoms with Crippen molar-refractivity contribution in [2.45, 2.75) is 46.0 Å². The van der Waals surface area contributed by atoms with E-state index in [1.165, 1.54) is 11.1 Å². The molecule has 0 fully saturated rings. The number of aryl methyl sites for hydroxylation is 2. The number of ether oxygens (including phenoxy) is 39. The Morgan fingerprint density at radius 1 is 0.170 bits per heavy atom. The van der Waals surface area contributed by atoms with Gasteiger partial charge in [0.05, 0.1) is 317 Å². The maximum Gasteiger partial charge on any atom is 0.152 e.